The molecule has 0 saturated carbocycles. The zero-order valence-electron chi connectivity index (χ0n) is 10.7. The van der Waals surface area contributed by atoms with Gasteiger partial charge in [0.05, 0.1) is 19.3 Å². The van der Waals surface area contributed by atoms with Gasteiger partial charge in [0.25, 0.3) is 0 Å². The van der Waals surface area contributed by atoms with Gasteiger partial charge in [-0.3, -0.25) is 9.59 Å². The van der Waals surface area contributed by atoms with Gasteiger partial charge in [-0.15, -0.1) is 0 Å². The van der Waals surface area contributed by atoms with Crippen molar-refractivity contribution in [1.29, 1.82) is 0 Å². The van der Waals surface area contributed by atoms with E-state index in [1.54, 1.807) is 13.8 Å². The van der Waals surface area contributed by atoms with Crippen molar-refractivity contribution in [3.8, 4) is 0 Å². The third kappa shape index (κ3) is 7.99. The normalized spacial score (nSPS) is 15.8. The number of hydrogen-bond acceptors (Lipinski definition) is 6. The van der Waals surface area contributed by atoms with E-state index in [2.05, 4.69) is 0 Å². The standard InChI is InChI=1S/C11H21NO6/c1-7(5-13)17-6-8(2)18-11(16)9(12)3-4-10(14)15/h7-9,13H,3-6,12H2,1-2H3,(H,14,15). The number of aliphatic carboxylic acids is 1. The average molecular weight is 263 g/mol. The van der Waals surface area contributed by atoms with Crippen molar-refractivity contribution in [3.05, 3.63) is 0 Å². The van der Waals surface area contributed by atoms with Crippen LogP contribution in [-0.2, 0) is 19.1 Å². The molecule has 0 aromatic carbocycles. The summed E-state index contributed by atoms with van der Waals surface area (Å²) in [6, 6.07) is -0.946. The Hall–Kier alpha value is -1.18. The van der Waals surface area contributed by atoms with Crippen LogP contribution >= 0.6 is 0 Å². The Morgan fingerprint density at radius 3 is 2.39 bits per heavy atom. The highest BCUT2D eigenvalue weighted by Crippen LogP contribution is 2.02. The van der Waals surface area contributed by atoms with E-state index < -0.39 is 24.1 Å². The van der Waals surface area contributed by atoms with Gasteiger partial charge in [-0.1, -0.05) is 0 Å². The number of hydrogen-bond donors (Lipinski definition) is 3. The summed E-state index contributed by atoms with van der Waals surface area (Å²) in [5, 5.41) is 17.2. The second-order valence-corrected chi connectivity index (χ2v) is 4.11. The second kappa shape index (κ2) is 8.84. The topological polar surface area (TPSA) is 119 Å². The van der Waals surface area contributed by atoms with Crippen LogP contribution in [0.3, 0.4) is 0 Å². The van der Waals surface area contributed by atoms with Gasteiger partial charge >= 0.3 is 11.9 Å². The van der Waals surface area contributed by atoms with E-state index in [9.17, 15) is 9.59 Å². The van der Waals surface area contributed by atoms with E-state index in [1.807, 2.05) is 0 Å². The first-order valence-electron chi connectivity index (χ1n) is 5.77. The fraction of sp³-hybridized carbons (Fsp3) is 0.818. The van der Waals surface area contributed by atoms with Crippen LogP contribution in [0.5, 0.6) is 0 Å². The largest absolute Gasteiger partial charge is 0.481 e. The minimum absolute atomic E-state index is 0.0365. The maximum atomic E-state index is 11.4. The zero-order valence-corrected chi connectivity index (χ0v) is 10.7. The molecule has 0 spiro atoms. The lowest BCUT2D eigenvalue weighted by molar-refractivity contribution is -0.154. The molecule has 0 radical (unpaired) electrons. The van der Waals surface area contributed by atoms with Crippen LogP contribution < -0.4 is 5.73 Å². The predicted molar refractivity (Wildman–Crippen MR) is 62.9 cm³/mol. The maximum Gasteiger partial charge on any atom is 0.323 e. The molecular weight excluding hydrogens is 242 g/mol. The summed E-state index contributed by atoms with van der Waals surface area (Å²) in [6.07, 6.45) is -0.966. The minimum atomic E-state index is -1.01. The monoisotopic (exact) mass is 263 g/mol. The van der Waals surface area contributed by atoms with Crippen molar-refractivity contribution in [2.45, 2.75) is 44.9 Å². The number of carboxylic acid groups (broad SMARTS) is 1. The first-order valence-corrected chi connectivity index (χ1v) is 5.77. The molecule has 4 N–H and O–H groups in total. The molecule has 0 rings (SSSR count). The van der Waals surface area contributed by atoms with E-state index >= 15 is 0 Å². The Morgan fingerprint density at radius 2 is 1.89 bits per heavy atom. The van der Waals surface area contributed by atoms with Crippen LogP contribution in [0.25, 0.3) is 0 Å². The number of rotatable bonds is 9. The third-order valence-electron chi connectivity index (χ3n) is 2.16. The first kappa shape index (κ1) is 16.8. The number of esters is 1. The van der Waals surface area contributed by atoms with E-state index in [4.69, 9.17) is 25.4 Å². The van der Waals surface area contributed by atoms with Crippen molar-refractivity contribution in [3.63, 3.8) is 0 Å². The molecule has 7 nitrogen and oxygen atoms in total. The van der Waals surface area contributed by atoms with Gasteiger partial charge in [0.1, 0.15) is 12.1 Å². The van der Waals surface area contributed by atoms with Gasteiger partial charge in [0.15, 0.2) is 0 Å². The number of carbonyl (C=O) groups is 2. The molecular formula is C11H21NO6. The molecule has 3 unspecified atom stereocenters. The summed E-state index contributed by atoms with van der Waals surface area (Å²) < 4.78 is 10.1. The fourth-order valence-corrected chi connectivity index (χ4v) is 1.07. The molecule has 7 heteroatoms. The fourth-order valence-electron chi connectivity index (χ4n) is 1.07. The van der Waals surface area contributed by atoms with Crippen molar-refractivity contribution in [1.82, 2.24) is 0 Å². The Labute approximate surface area is 106 Å². The molecule has 0 aliphatic carbocycles. The molecule has 0 fully saturated rings. The third-order valence-corrected chi connectivity index (χ3v) is 2.16. The Kier molecular flexibility index (Phi) is 8.27. The van der Waals surface area contributed by atoms with Crippen LogP contribution in [-0.4, -0.2) is 53.6 Å². The van der Waals surface area contributed by atoms with E-state index in [0.717, 1.165) is 0 Å². The molecule has 0 aromatic heterocycles. The first-order chi connectivity index (χ1) is 8.36. The van der Waals surface area contributed by atoms with Gasteiger partial charge in [-0.25, -0.2) is 0 Å². The van der Waals surface area contributed by atoms with Gasteiger partial charge < -0.3 is 25.4 Å². The molecule has 0 aliphatic rings. The highest BCUT2D eigenvalue weighted by Gasteiger charge is 2.19. The van der Waals surface area contributed by atoms with Crippen LogP contribution in [0, 0.1) is 0 Å². The minimum Gasteiger partial charge on any atom is -0.481 e. The average Bonchev–Trinajstić information content (AvgIpc) is 2.32. The van der Waals surface area contributed by atoms with Crippen LogP contribution in [0.4, 0.5) is 0 Å². The Bertz CT molecular complexity index is 270. The molecule has 0 heterocycles. The SMILES string of the molecule is CC(CO)OCC(C)OC(=O)C(N)CCC(=O)O. The number of nitrogens with two attached hydrogens (primary N) is 1. The van der Waals surface area contributed by atoms with Crippen molar-refractivity contribution >= 4 is 11.9 Å². The van der Waals surface area contributed by atoms with E-state index in [1.165, 1.54) is 0 Å². The number of carboxylic acids is 1. The van der Waals surface area contributed by atoms with E-state index in [-0.39, 0.29) is 32.2 Å². The molecule has 0 aliphatic heterocycles. The molecule has 0 saturated heterocycles. The van der Waals surface area contributed by atoms with Crippen molar-refractivity contribution < 1.29 is 29.3 Å². The summed E-state index contributed by atoms with van der Waals surface area (Å²) >= 11 is 0. The van der Waals surface area contributed by atoms with Gasteiger partial charge in [0, 0.05) is 6.42 Å². The van der Waals surface area contributed by atoms with Crippen molar-refractivity contribution in [2.24, 2.45) is 5.73 Å². The Morgan fingerprint density at radius 1 is 1.28 bits per heavy atom. The maximum absolute atomic E-state index is 11.4. The van der Waals surface area contributed by atoms with E-state index in [0.29, 0.717) is 0 Å². The zero-order chi connectivity index (χ0) is 14.1. The lowest BCUT2D eigenvalue weighted by atomic mass is 10.2. The molecule has 0 amide bonds. The predicted octanol–water partition coefficient (Wildman–Crippen LogP) is -0.492. The number of aliphatic hydroxyl groups is 1. The molecule has 3 atom stereocenters. The summed E-state index contributed by atoms with van der Waals surface area (Å²) in [6.45, 7) is 3.36. The number of carbonyl (C=O) groups excluding carboxylic acids is 1. The number of ether oxygens (including phenoxy) is 2. The molecule has 106 valence electrons. The lowest BCUT2D eigenvalue weighted by Crippen LogP contribution is -2.36. The molecule has 18 heavy (non-hydrogen) atoms. The Balaban J connectivity index is 3.88. The molecule has 0 bridgehead atoms. The number of aliphatic hydroxyl groups excluding tert-OH is 1. The summed E-state index contributed by atoms with van der Waals surface area (Å²) in [7, 11) is 0. The quantitative estimate of drug-likeness (QED) is 0.480. The summed E-state index contributed by atoms with van der Waals surface area (Å²) in [4.78, 5) is 21.7. The summed E-state index contributed by atoms with van der Waals surface area (Å²) in [5.74, 6) is -1.66. The second-order valence-electron chi connectivity index (χ2n) is 4.11. The van der Waals surface area contributed by atoms with Crippen LogP contribution in [0.1, 0.15) is 26.7 Å². The van der Waals surface area contributed by atoms with Gasteiger partial charge in [0.2, 0.25) is 0 Å². The van der Waals surface area contributed by atoms with Crippen molar-refractivity contribution in [2.75, 3.05) is 13.2 Å². The summed E-state index contributed by atoms with van der Waals surface area (Å²) in [5.41, 5.74) is 5.48. The van der Waals surface area contributed by atoms with Gasteiger partial charge in [-0.2, -0.15) is 0 Å². The highest BCUT2D eigenvalue weighted by atomic mass is 16.6. The highest BCUT2D eigenvalue weighted by molar-refractivity contribution is 5.76. The van der Waals surface area contributed by atoms with Crippen LogP contribution in [0.15, 0.2) is 0 Å². The molecule has 0 aromatic rings. The lowest BCUT2D eigenvalue weighted by Gasteiger charge is -2.18. The van der Waals surface area contributed by atoms with Crippen LogP contribution in [0.2, 0.25) is 0 Å². The smallest absolute Gasteiger partial charge is 0.323 e. The van der Waals surface area contributed by atoms with Gasteiger partial charge in [-0.05, 0) is 20.3 Å².